The van der Waals surface area contributed by atoms with Crippen LogP contribution in [0.2, 0.25) is 0 Å². The van der Waals surface area contributed by atoms with E-state index < -0.39 is 28.9 Å². The van der Waals surface area contributed by atoms with E-state index in [4.69, 9.17) is 23.7 Å². The first-order chi connectivity index (χ1) is 19.0. The molecule has 0 aromatic carbocycles. The molecule has 1 N–H and O–H groups in total. The highest BCUT2D eigenvalue weighted by molar-refractivity contribution is 5.90. The van der Waals surface area contributed by atoms with Crippen LogP contribution < -0.4 is 0 Å². The smallest absolute Gasteiger partial charge is 0.333 e. The minimum Gasteiger partial charge on any atom is -0.462 e. The van der Waals surface area contributed by atoms with E-state index in [0.29, 0.717) is 43.5 Å². The standard InChI is InChI=1S/C32H46O9/c1-19-8-10-23(28(3,4)26(19)24(39-20(2)33)16-22-13-15-37-27(22)35)11-9-21-12-14-31(38-18-21)30(7)17-25(34)32(36,41-31)29(5,6)40-30/h16,21,23-24,26,36H,1,8-15,17-18H2,2-7H3/b22-16-/t21-,23-,24?,26+,30-,31-,32-/m0/s1. The Hall–Kier alpha value is -2.07. The number of rotatable bonds is 6. The second kappa shape index (κ2) is 10.3. The van der Waals surface area contributed by atoms with Crippen LogP contribution >= 0.6 is 0 Å². The zero-order chi connectivity index (χ0) is 30.0. The van der Waals surface area contributed by atoms with Gasteiger partial charge in [0.2, 0.25) is 5.79 Å². The molecule has 5 saturated heterocycles. The Bertz CT molecular complexity index is 1140. The number of fused-ring (bicyclic) bond motifs is 2. The summed E-state index contributed by atoms with van der Waals surface area (Å²) < 4.78 is 29.7. The molecule has 9 nitrogen and oxygen atoms in total. The topological polar surface area (TPSA) is 118 Å². The van der Waals surface area contributed by atoms with Crippen LogP contribution in [-0.4, -0.2) is 64.9 Å². The van der Waals surface area contributed by atoms with Crippen LogP contribution in [0.25, 0.3) is 0 Å². The molecule has 41 heavy (non-hydrogen) atoms. The fraction of sp³-hybridized carbons (Fsp3) is 0.781. The van der Waals surface area contributed by atoms with E-state index in [2.05, 4.69) is 20.4 Å². The maximum absolute atomic E-state index is 12.7. The van der Waals surface area contributed by atoms with Gasteiger partial charge in [-0.25, -0.2) is 4.79 Å². The molecule has 2 bridgehead atoms. The summed E-state index contributed by atoms with van der Waals surface area (Å²) in [7, 11) is 0. The maximum Gasteiger partial charge on any atom is 0.333 e. The summed E-state index contributed by atoms with van der Waals surface area (Å²) in [5, 5.41) is 11.1. The van der Waals surface area contributed by atoms with Crippen molar-refractivity contribution in [3.05, 3.63) is 23.8 Å². The minimum absolute atomic E-state index is 0.0521. The Labute approximate surface area is 242 Å². The highest BCUT2D eigenvalue weighted by atomic mass is 16.8. The van der Waals surface area contributed by atoms with Crippen molar-refractivity contribution in [2.45, 2.75) is 122 Å². The van der Waals surface area contributed by atoms with Gasteiger partial charge in [-0.15, -0.1) is 0 Å². The molecule has 0 radical (unpaired) electrons. The van der Waals surface area contributed by atoms with Crippen LogP contribution in [0.4, 0.5) is 0 Å². The fourth-order valence-electron chi connectivity index (χ4n) is 8.16. The van der Waals surface area contributed by atoms with Crippen LogP contribution in [0.1, 0.15) is 92.9 Å². The molecule has 1 spiro atoms. The largest absolute Gasteiger partial charge is 0.462 e. The van der Waals surface area contributed by atoms with Crippen molar-refractivity contribution in [1.82, 2.24) is 0 Å². The van der Waals surface area contributed by atoms with Gasteiger partial charge in [0.15, 0.2) is 5.78 Å². The van der Waals surface area contributed by atoms with Gasteiger partial charge < -0.3 is 28.8 Å². The highest BCUT2D eigenvalue weighted by Crippen LogP contribution is 2.58. The van der Waals surface area contributed by atoms with E-state index >= 15 is 0 Å². The molecule has 6 rings (SSSR count). The normalized spacial score (nSPS) is 41.5. The monoisotopic (exact) mass is 574 g/mol. The Morgan fingerprint density at radius 3 is 2.44 bits per heavy atom. The summed E-state index contributed by atoms with van der Waals surface area (Å²) in [4.78, 5) is 37.0. The third-order valence-corrected chi connectivity index (χ3v) is 10.6. The molecule has 6 fully saturated rings. The molecular formula is C32H46O9. The van der Waals surface area contributed by atoms with Crippen molar-refractivity contribution < 1.29 is 43.2 Å². The second-order valence-electron chi connectivity index (χ2n) is 14.1. The maximum atomic E-state index is 12.7. The van der Waals surface area contributed by atoms with Gasteiger partial charge in [0.1, 0.15) is 17.3 Å². The number of hydrogen-bond donors (Lipinski definition) is 1. The number of Topliss-reactive ketones (excluding diaryl/α,β-unsaturated/α-hetero) is 1. The summed E-state index contributed by atoms with van der Waals surface area (Å²) in [6.45, 7) is 16.2. The molecule has 1 saturated carbocycles. The highest BCUT2D eigenvalue weighted by Gasteiger charge is 2.74. The van der Waals surface area contributed by atoms with Gasteiger partial charge >= 0.3 is 11.9 Å². The lowest BCUT2D eigenvalue weighted by Crippen LogP contribution is -2.81. The fourth-order valence-corrected chi connectivity index (χ4v) is 8.16. The van der Waals surface area contributed by atoms with Gasteiger partial charge in [-0.2, -0.15) is 0 Å². The van der Waals surface area contributed by atoms with E-state index in [-0.39, 0.29) is 35.5 Å². The number of carbonyl (C=O) groups excluding carboxylic acids is 3. The van der Waals surface area contributed by atoms with Gasteiger partial charge in [-0.1, -0.05) is 26.0 Å². The molecular weight excluding hydrogens is 528 g/mol. The zero-order valence-corrected chi connectivity index (χ0v) is 25.4. The Morgan fingerprint density at radius 2 is 1.85 bits per heavy atom. The van der Waals surface area contributed by atoms with Crippen molar-refractivity contribution in [2.75, 3.05) is 13.2 Å². The predicted octanol–water partition coefficient (Wildman–Crippen LogP) is 4.55. The predicted molar refractivity (Wildman–Crippen MR) is 148 cm³/mol. The summed E-state index contributed by atoms with van der Waals surface area (Å²) in [6, 6.07) is 0. The van der Waals surface area contributed by atoms with Gasteiger partial charge in [-0.05, 0) is 76.2 Å². The molecule has 228 valence electrons. The van der Waals surface area contributed by atoms with Crippen LogP contribution in [0.5, 0.6) is 0 Å². The second-order valence-corrected chi connectivity index (χ2v) is 14.1. The summed E-state index contributed by atoms with van der Waals surface area (Å²) in [6.07, 6.45) is 6.87. The first-order valence-corrected chi connectivity index (χ1v) is 15.1. The number of esters is 2. The van der Waals surface area contributed by atoms with Crippen molar-refractivity contribution >= 4 is 17.7 Å². The minimum atomic E-state index is -2.02. The lowest BCUT2D eigenvalue weighted by atomic mass is 9.57. The molecule has 0 aromatic heterocycles. The molecule has 1 aliphatic carbocycles. The number of hydrogen-bond acceptors (Lipinski definition) is 9. The van der Waals surface area contributed by atoms with E-state index in [1.807, 2.05) is 6.92 Å². The van der Waals surface area contributed by atoms with E-state index in [0.717, 1.165) is 37.7 Å². The Balaban J connectivity index is 1.25. The number of ketones is 1. The van der Waals surface area contributed by atoms with Gasteiger partial charge in [-0.3, -0.25) is 9.59 Å². The first kappa shape index (κ1) is 30.4. The zero-order valence-electron chi connectivity index (χ0n) is 25.4. The Kier molecular flexibility index (Phi) is 7.62. The SMILES string of the molecule is C=C1CC[C@@H](CC[C@H]2CC[C@]3(OC2)O[C@@]2(O)C(=O)C[C@]3(C)OC2(C)C)C(C)(C)[C@H]1C(/C=C1/CCOC1=O)OC(C)=O. The quantitative estimate of drug-likeness (QED) is 0.277. The average Bonchev–Trinajstić information content (AvgIpc) is 3.25. The van der Waals surface area contributed by atoms with Crippen LogP contribution in [0, 0.1) is 23.2 Å². The molecule has 6 aliphatic rings. The number of ether oxygens (including phenoxy) is 5. The Morgan fingerprint density at radius 1 is 1.12 bits per heavy atom. The number of cyclic esters (lactones) is 1. The molecule has 5 heterocycles. The van der Waals surface area contributed by atoms with Crippen LogP contribution in [0.15, 0.2) is 23.8 Å². The number of aliphatic hydroxyl groups is 1. The lowest BCUT2D eigenvalue weighted by Gasteiger charge is -2.65. The molecule has 7 atom stereocenters. The third kappa shape index (κ3) is 5.00. The summed E-state index contributed by atoms with van der Waals surface area (Å²) >= 11 is 0. The van der Waals surface area contributed by atoms with Gasteiger partial charge in [0.05, 0.1) is 13.2 Å². The summed E-state index contributed by atoms with van der Waals surface area (Å²) in [5.41, 5.74) is -0.756. The molecule has 0 amide bonds. The van der Waals surface area contributed by atoms with Gasteiger partial charge in [0, 0.05) is 37.7 Å². The van der Waals surface area contributed by atoms with Gasteiger partial charge in [0.25, 0.3) is 5.79 Å². The van der Waals surface area contributed by atoms with E-state index in [9.17, 15) is 19.5 Å². The molecule has 5 aliphatic heterocycles. The summed E-state index contributed by atoms with van der Waals surface area (Å²) in [5.74, 6) is -3.75. The first-order valence-electron chi connectivity index (χ1n) is 15.1. The van der Waals surface area contributed by atoms with Crippen molar-refractivity contribution in [1.29, 1.82) is 0 Å². The van der Waals surface area contributed by atoms with Crippen LogP contribution in [0.3, 0.4) is 0 Å². The van der Waals surface area contributed by atoms with Crippen molar-refractivity contribution in [3.63, 3.8) is 0 Å². The third-order valence-electron chi connectivity index (χ3n) is 10.6. The van der Waals surface area contributed by atoms with Crippen molar-refractivity contribution in [3.8, 4) is 0 Å². The average molecular weight is 575 g/mol. The lowest BCUT2D eigenvalue weighted by molar-refractivity contribution is -0.496. The molecule has 9 heteroatoms. The van der Waals surface area contributed by atoms with E-state index in [1.165, 1.54) is 6.92 Å². The molecule has 0 aromatic rings. The van der Waals surface area contributed by atoms with Crippen molar-refractivity contribution in [2.24, 2.45) is 23.2 Å². The molecule has 1 unspecified atom stereocenters. The number of carbonyl (C=O) groups is 3. The van der Waals surface area contributed by atoms with Crippen LogP contribution in [-0.2, 0) is 38.1 Å². The van der Waals surface area contributed by atoms with E-state index in [1.54, 1.807) is 19.9 Å².